The molecule has 0 aliphatic rings. The first-order chi connectivity index (χ1) is 8.54. The van der Waals surface area contributed by atoms with Crippen LogP contribution in [0.2, 0.25) is 0 Å². The molecule has 104 valence electrons. The fraction of sp³-hybridized carbons (Fsp3) is 0.429. The average Bonchev–Trinajstić information content (AvgIpc) is 2.26. The molecule has 1 rings (SSSR count). The van der Waals surface area contributed by atoms with Crippen molar-refractivity contribution in [2.24, 2.45) is 0 Å². The van der Waals surface area contributed by atoms with Gasteiger partial charge >= 0.3 is 11.9 Å². The van der Waals surface area contributed by atoms with Gasteiger partial charge in [0.25, 0.3) is 0 Å². The van der Waals surface area contributed by atoms with E-state index in [9.17, 15) is 14.7 Å². The number of rotatable bonds is 3. The highest BCUT2D eigenvalue weighted by atomic mass is 16.6. The second kappa shape index (κ2) is 5.01. The normalized spacial score (nSPS) is 14.6. The smallest absolute Gasteiger partial charge is 0.340 e. The number of hydrogen-bond donors (Lipinski definition) is 2. The van der Waals surface area contributed by atoms with E-state index in [1.54, 1.807) is 20.8 Å². The molecule has 0 saturated carbocycles. The first kappa shape index (κ1) is 15.2. The summed E-state index contributed by atoms with van der Waals surface area (Å²) in [5.41, 5.74) is -2.07. The molecule has 1 atom stereocenters. The topological polar surface area (TPSA) is 83.8 Å². The first-order valence-electron chi connectivity index (χ1n) is 5.84. The van der Waals surface area contributed by atoms with Crippen LogP contribution in [0.4, 0.5) is 0 Å². The highest BCUT2D eigenvalue weighted by Crippen LogP contribution is 2.22. The van der Waals surface area contributed by atoms with E-state index in [2.05, 4.69) is 0 Å². The van der Waals surface area contributed by atoms with Gasteiger partial charge in [-0.05, 0) is 45.4 Å². The average molecular weight is 266 g/mol. The minimum Gasteiger partial charge on any atom is -0.479 e. The summed E-state index contributed by atoms with van der Waals surface area (Å²) < 4.78 is 5.18. The van der Waals surface area contributed by atoms with Crippen LogP contribution in [0.3, 0.4) is 0 Å². The third-order valence-corrected chi connectivity index (χ3v) is 2.50. The van der Waals surface area contributed by atoms with Crippen molar-refractivity contribution in [1.29, 1.82) is 0 Å². The SMILES string of the molecule is CC(C)(C)OC(=O)c1ccc(C(C)(O)C(=O)O)cc1. The van der Waals surface area contributed by atoms with Gasteiger partial charge in [0.05, 0.1) is 5.56 Å². The number of hydrogen-bond acceptors (Lipinski definition) is 4. The number of ether oxygens (including phenoxy) is 1. The summed E-state index contributed by atoms with van der Waals surface area (Å²) in [5, 5.41) is 18.6. The van der Waals surface area contributed by atoms with E-state index in [1.807, 2.05) is 0 Å². The third-order valence-electron chi connectivity index (χ3n) is 2.50. The summed E-state index contributed by atoms with van der Waals surface area (Å²) in [4.78, 5) is 22.6. The van der Waals surface area contributed by atoms with E-state index < -0.39 is 23.1 Å². The zero-order valence-corrected chi connectivity index (χ0v) is 11.4. The zero-order valence-electron chi connectivity index (χ0n) is 11.4. The number of carboxylic acids is 1. The van der Waals surface area contributed by atoms with Gasteiger partial charge in [0.2, 0.25) is 0 Å². The highest BCUT2D eigenvalue weighted by molar-refractivity contribution is 5.90. The summed E-state index contributed by atoms with van der Waals surface area (Å²) in [6.07, 6.45) is 0. The number of benzene rings is 1. The second-order valence-corrected chi connectivity index (χ2v) is 5.46. The Balaban J connectivity index is 2.94. The van der Waals surface area contributed by atoms with E-state index in [0.29, 0.717) is 5.56 Å². The molecule has 1 aromatic carbocycles. The number of aliphatic hydroxyl groups is 1. The molecule has 0 radical (unpaired) electrons. The largest absolute Gasteiger partial charge is 0.479 e. The lowest BCUT2D eigenvalue weighted by atomic mass is 9.95. The Bertz CT molecular complexity index is 480. The molecular formula is C14H18O5. The second-order valence-electron chi connectivity index (χ2n) is 5.46. The van der Waals surface area contributed by atoms with Crippen LogP contribution in [0.1, 0.15) is 43.6 Å². The van der Waals surface area contributed by atoms with Gasteiger partial charge in [0, 0.05) is 0 Å². The Hall–Kier alpha value is -1.88. The van der Waals surface area contributed by atoms with Crippen LogP contribution in [-0.2, 0) is 15.1 Å². The van der Waals surface area contributed by atoms with Crippen LogP contribution in [0.5, 0.6) is 0 Å². The molecule has 0 heterocycles. The Morgan fingerprint density at radius 1 is 1.05 bits per heavy atom. The van der Waals surface area contributed by atoms with Crippen molar-refractivity contribution in [3.05, 3.63) is 35.4 Å². The predicted molar refractivity (Wildman–Crippen MR) is 68.8 cm³/mol. The number of esters is 1. The Morgan fingerprint density at radius 2 is 1.53 bits per heavy atom. The molecule has 0 bridgehead atoms. The van der Waals surface area contributed by atoms with Crippen molar-refractivity contribution in [3.63, 3.8) is 0 Å². The Morgan fingerprint density at radius 3 is 1.89 bits per heavy atom. The van der Waals surface area contributed by atoms with E-state index in [4.69, 9.17) is 9.84 Å². The fourth-order valence-corrected chi connectivity index (χ4v) is 1.39. The highest BCUT2D eigenvalue weighted by Gasteiger charge is 2.32. The molecule has 0 aliphatic heterocycles. The van der Waals surface area contributed by atoms with Crippen molar-refractivity contribution < 1.29 is 24.5 Å². The fourth-order valence-electron chi connectivity index (χ4n) is 1.39. The maximum absolute atomic E-state index is 11.8. The summed E-state index contributed by atoms with van der Waals surface area (Å²) in [5.74, 6) is -1.84. The summed E-state index contributed by atoms with van der Waals surface area (Å²) in [6.45, 7) is 6.45. The quantitative estimate of drug-likeness (QED) is 0.817. The van der Waals surface area contributed by atoms with Crippen LogP contribution in [0, 0.1) is 0 Å². The zero-order chi connectivity index (χ0) is 14.8. The summed E-state index contributed by atoms with van der Waals surface area (Å²) in [7, 11) is 0. The molecule has 0 aliphatic carbocycles. The van der Waals surface area contributed by atoms with Crippen LogP contribution in [-0.4, -0.2) is 27.8 Å². The van der Waals surface area contributed by atoms with Crippen molar-refractivity contribution in [2.45, 2.75) is 38.9 Å². The Kier molecular flexibility index (Phi) is 4.00. The molecule has 0 aromatic heterocycles. The maximum atomic E-state index is 11.8. The van der Waals surface area contributed by atoms with Crippen LogP contribution in [0.25, 0.3) is 0 Å². The molecule has 5 nitrogen and oxygen atoms in total. The van der Waals surface area contributed by atoms with E-state index >= 15 is 0 Å². The third kappa shape index (κ3) is 3.79. The van der Waals surface area contributed by atoms with Crippen molar-refractivity contribution in [1.82, 2.24) is 0 Å². The number of carbonyl (C=O) groups is 2. The van der Waals surface area contributed by atoms with E-state index in [1.165, 1.54) is 31.2 Å². The van der Waals surface area contributed by atoms with Crippen LogP contribution >= 0.6 is 0 Å². The molecule has 1 unspecified atom stereocenters. The monoisotopic (exact) mass is 266 g/mol. The molecule has 1 aromatic rings. The summed E-state index contributed by atoms with van der Waals surface area (Å²) >= 11 is 0. The molecule has 0 amide bonds. The number of aliphatic carboxylic acids is 1. The van der Waals surface area contributed by atoms with Crippen molar-refractivity contribution >= 4 is 11.9 Å². The van der Waals surface area contributed by atoms with Crippen molar-refractivity contribution in [3.8, 4) is 0 Å². The van der Waals surface area contributed by atoms with Crippen LogP contribution < -0.4 is 0 Å². The van der Waals surface area contributed by atoms with E-state index in [0.717, 1.165) is 0 Å². The lowest BCUT2D eigenvalue weighted by molar-refractivity contribution is -0.157. The van der Waals surface area contributed by atoms with Gasteiger partial charge in [-0.2, -0.15) is 0 Å². The molecule has 0 saturated heterocycles. The lowest BCUT2D eigenvalue weighted by Crippen LogP contribution is -2.31. The van der Waals surface area contributed by atoms with E-state index in [-0.39, 0.29) is 5.56 Å². The molecular weight excluding hydrogens is 248 g/mol. The summed E-state index contributed by atoms with van der Waals surface area (Å²) in [6, 6.07) is 5.66. The predicted octanol–water partition coefficient (Wildman–Crippen LogP) is 1.93. The molecule has 19 heavy (non-hydrogen) atoms. The van der Waals surface area contributed by atoms with Gasteiger partial charge in [-0.3, -0.25) is 0 Å². The lowest BCUT2D eigenvalue weighted by Gasteiger charge is -2.20. The van der Waals surface area contributed by atoms with Gasteiger partial charge in [-0.1, -0.05) is 12.1 Å². The van der Waals surface area contributed by atoms with Gasteiger partial charge in [0.15, 0.2) is 5.60 Å². The molecule has 0 fully saturated rings. The van der Waals surface area contributed by atoms with Crippen molar-refractivity contribution in [2.75, 3.05) is 0 Å². The number of carbonyl (C=O) groups excluding carboxylic acids is 1. The Labute approximate surface area is 111 Å². The molecule has 5 heteroatoms. The van der Waals surface area contributed by atoms with Crippen LogP contribution in [0.15, 0.2) is 24.3 Å². The standard InChI is InChI=1S/C14H18O5/c1-13(2,3)19-11(15)9-5-7-10(8-6-9)14(4,18)12(16)17/h5-8,18H,1-4H3,(H,16,17). The molecule has 2 N–H and O–H groups in total. The first-order valence-corrected chi connectivity index (χ1v) is 5.84. The minimum absolute atomic E-state index is 0.201. The molecule has 0 spiro atoms. The maximum Gasteiger partial charge on any atom is 0.340 e. The minimum atomic E-state index is -1.98. The van der Waals surface area contributed by atoms with Gasteiger partial charge in [-0.25, -0.2) is 9.59 Å². The van der Waals surface area contributed by atoms with Gasteiger partial charge < -0.3 is 14.9 Å². The number of carboxylic acid groups (broad SMARTS) is 1. The van der Waals surface area contributed by atoms with Gasteiger partial charge in [0.1, 0.15) is 5.60 Å². The van der Waals surface area contributed by atoms with Gasteiger partial charge in [-0.15, -0.1) is 0 Å².